The van der Waals surface area contributed by atoms with Gasteiger partial charge >= 0.3 is 6.18 Å². The van der Waals surface area contributed by atoms with E-state index in [-0.39, 0.29) is 24.4 Å². The smallest absolute Gasteiger partial charge is 0.349 e. The second-order valence-corrected chi connectivity index (χ2v) is 13.0. The lowest BCUT2D eigenvalue weighted by Gasteiger charge is -2.31. The summed E-state index contributed by atoms with van der Waals surface area (Å²) in [5.74, 6) is -0.350. The van der Waals surface area contributed by atoms with Crippen molar-refractivity contribution in [3.05, 3.63) is 101 Å². The number of hydrogen-bond acceptors (Lipinski definition) is 4. The summed E-state index contributed by atoms with van der Waals surface area (Å²) in [7, 11) is -4.37. The van der Waals surface area contributed by atoms with Crippen molar-refractivity contribution in [3.63, 3.8) is 0 Å². The predicted molar refractivity (Wildman–Crippen MR) is 155 cm³/mol. The van der Waals surface area contributed by atoms with Crippen LogP contribution in [0.3, 0.4) is 0 Å². The molecule has 1 fully saturated rings. The molecular formula is C32H36F3N3O3S. The van der Waals surface area contributed by atoms with Crippen LogP contribution in [0.15, 0.2) is 77.7 Å². The third-order valence-corrected chi connectivity index (χ3v) is 9.74. The van der Waals surface area contributed by atoms with Crippen LogP contribution >= 0.6 is 0 Å². The third kappa shape index (κ3) is 7.22. The Hall–Kier alpha value is -3.21. The number of nitrogens with one attached hydrogen (secondary N) is 3. The maximum Gasteiger partial charge on any atom is 0.416 e. The SMILES string of the molecule is C[C@H](NC1CCC1)c1ccc2c(c1)CCC[C@H]2NC(=O)C[C@@H](NS(=O)(=O)c1cccc(C(F)(F)F)c1)c1ccccc1. The van der Waals surface area contributed by atoms with E-state index < -0.39 is 32.7 Å². The first kappa shape index (κ1) is 30.3. The van der Waals surface area contributed by atoms with Crippen molar-refractivity contribution in [1.82, 2.24) is 15.4 Å². The van der Waals surface area contributed by atoms with Gasteiger partial charge in [0.2, 0.25) is 15.9 Å². The van der Waals surface area contributed by atoms with Gasteiger partial charge in [0, 0.05) is 18.5 Å². The van der Waals surface area contributed by atoms with Gasteiger partial charge in [-0.2, -0.15) is 13.2 Å². The summed E-state index contributed by atoms with van der Waals surface area (Å²) >= 11 is 0. The van der Waals surface area contributed by atoms with Crippen LogP contribution in [0.4, 0.5) is 13.2 Å². The maximum absolute atomic E-state index is 13.3. The van der Waals surface area contributed by atoms with E-state index in [4.69, 9.17) is 0 Å². The Morgan fingerprint density at radius 3 is 2.38 bits per heavy atom. The van der Waals surface area contributed by atoms with Gasteiger partial charge in [-0.1, -0.05) is 61.0 Å². The number of rotatable bonds is 10. The van der Waals surface area contributed by atoms with E-state index in [1.807, 2.05) is 0 Å². The monoisotopic (exact) mass is 599 g/mol. The Morgan fingerprint density at radius 2 is 1.69 bits per heavy atom. The second-order valence-electron chi connectivity index (χ2n) is 11.3. The average molecular weight is 600 g/mol. The highest BCUT2D eigenvalue weighted by Crippen LogP contribution is 2.34. The van der Waals surface area contributed by atoms with Crippen LogP contribution in [0.2, 0.25) is 0 Å². The van der Waals surface area contributed by atoms with Crippen molar-refractivity contribution in [1.29, 1.82) is 0 Å². The van der Waals surface area contributed by atoms with E-state index in [1.165, 1.54) is 30.4 Å². The summed E-state index contributed by atoms with van der Waals surface area (Å²) in [4.78, 5) is 12.8. The predicted octanol–water partition coefficient (Wildman–Crippen LogP) is 6.51. The number of carbonyl (C=O) groups is 1. The van der Waals surface area contributed by atoms with Gasteiger partial charge < -0.3 is 10.6 Å². The molecule has 2 aliphatic rings. The molecule has 0 aromatic heterocycles. The molecule has 3 N–H and O–H groups in total. The van der Waals surface area contributed by atoms with Crippen LogP contribution in [-0.4, -0.2) is 20.4 Å². The molecule has 6 nitrogen and oxygen atoms in total. The van der Waals surface area contributed by atoms with Gasteiger partial charge in [-0.3, -0.25) is 4.79 Å². The van der Waals surface area contributed by atoms with Gasteiger partial charge in [-0.25, -0.2) is 13.1 Å². The van der Waals surface area contributed by atoms with Gasteiger partial charge in [0.05, 0.1) is 22.5 Å². The van der Waals surface area contributed by atoms with Gasteiger partial charge in [-0.05, 0) is 79.5 Å². The normalized spacial score (nSPS) is 18.9. The minimum Gasteiger partial charge on any atom is -0.349 e. The number of halogens is 3. The summed E-state index contributed by atoms with van der Waals surface area (Å²) in [6.45, 7) is 2.17. The molecule has 0 radical (unpaired) electrons. The number of aryl methyl sites for hydroxylation is 1. The Balaban J connectivity index is 1.31. The Morgan fingerprint density at radius 1 is 0.929 bits per heavy atom. The number of fused-ring (bicyclic) bond motifs is 1. The topological polar surface area (TPSA) is 87.3 Å². The number of sulfonamides is 1. The molecule has 1 amide bonds. The molecule has 3 aromatic carbocycles. The second kappa shape index (κ2) is 12.6. The number of carbonyl (C=O) groups excluding carboxylic acids is 1. The first-order valence-corrected chi connectivity index (χ1v) is 15.9. The van der Waals surface area contributed by atoms with Gasteiger partial charge in [-0.15, -0.1) is 0 Å². The lowest BCUT2D eigenvalue weighted by atomic mass is 9.85. The molecular weight excluding hydrogens is 563 g/mol. The number of alkyl halides is 3. The quantitative estimate of drug-likeness (QED) is 0.248. The van der Waals surface area contributed by atoms with E-state index in [0.29, 0.717) is 17.7 Å². The first-order chi connectivity index (χ1) is 20.0. The fourth-order valence-corrected chi connectivity index (χ4v) is 6.99. The zero-order valence-electron chi connectivity index (χ0n) is 23.5. The lowest BCUT2D eigenvalue weighted by Crippen LogP contribution is -2.37. The summed E-state index contributed by atoms with van der Waals surface area (Å²) in [5, 5.41) is 6.77. The van der Waals surface area contributed by atoms with Crippen LogP contribution in [-0.2, 0) is 27.4 Å². The molecule has 10 heteroatoms. The van der Waals surface area contributed by atoms with E-state index in [9.17, 15) is 26.4 Å². The maximum atomic E-state index is 13.3. The molecule has 1 saturated carbocycles. The highest BCUT2D eigenvalue weighted by atomic mass is 32.2. The minimum atomic E-state index is -4.69. The molecule has 0 bridgehead atoms. The summed E-state index contributed by atoms with van der Waals surface area (Å²) in [5.41, 5.74) is 2.96. The third-order valence-electron chi connectivity index (χ3n) is 8.27. The standard InChI is InChI=1S/C32H36F3N3O3S/c1-21(36-26-12-7-13-26)23-16-17-28-24(18-23)10-5-15-29(28)37-31(39)20-30(22-8-3-2-4-9-22)38-42(40,41)27-14-6-11-25(19-27)32(33,34)35/h2-4,6,8-9,11,14,16-19,21,26,29-30,36,38H,5,7,10,12-13,15,20H2,1H3,(H,37,39)/t21-,29+,30+/m0/s1. The van der Waals surface area contributed by atoms with Crippen molar-refractivity contribution in [2.24, 2.45) is 0 Å². The Bertz CT molecular complexity index is 1510. The molecule has 3 aromatic rings. The van der Waals surface area contributed by atoms with Crippen LogP contribution in [0.25, 0.3) is 0 Å². The average Bonchev–Trinajstić information content (AvgIpc) is 2.94. The minimum absolute atomic E-state index is 0.207. The molecule has 0 unspecified atom stereocenters. The molecule has 0 aliphatic heterocycles. The zero-order valence-corrected chi connectivity index (χ0v) is 24.3. The number of amides is 1. The fourth-order valence-electron chi connectivity index (χ4n) is 5.72. The Kier molecular flexibility index (Phi) is 9.05. The highest BCUT2D eigenvalue weighted by Gasteiger charge is 2.33. The Labute approximate surface area is 245 Å². The van der Waals surface area contributed by atoms with Crippen LogP contribution < -0.4 is 15.4 Å². The summed E-state index contributed by atoms with van der Waals surface area (Å²) in [6.07, 6.45) is 1.40. The van der Waals surface area contributed by atoms with Crippen LogP contribution in [0.1, 0.15) is 91.4 Å². The highest BCUT2D eigenvalue weighted by molar-refractivity contribution is 7.89. The summed E-state index contributed by atoms with van der Waals surface area (Å²) < 4.78 is 68.6. The van der Waals surface area contributed by atoms with E-state index in [1.54, 1.807) is 30.3 Å². The molecule has 3 atom stereocenters. The molecule has 5 rings (SSSR count). The number of hydrogen-bond donors (Lipinski definition) is 3. The van der Waals surface area contributed by atoms with Gasteiger partial charge in [0.25, 0.3) is 0 Å². The van der Waals surface area contributed by atoms with Crippen molar-refractivity contribution in [2.45, 2.75) is 87.1 Å². The molecule has 224 valence electrons. The molecule has 0 saturated heterocycles. The first-order valence-electron chi connectivity index (χ1n) is 14.4. The molecule has 2 aliphatic carbocycles. The largest absolute Gasteiger partial charge is 0.416 e. The van der Waals surface area contributed by atoms with E-state index in [2.05, 4.69) is 40.5 Å². The van der Waals surface area contributed by atoms with E-state index >= 15 is 0 Å². The van der Waals surface area contributed by atoms with Crippen LogP contribution in [0.5, 0.6) is 0 Å². The van der Waals surface area contributed by atoms with Crippen molar-refractivity contribution in [3.8, 4) is 0 Å². The zero-order chi connectivity index (χ0) is 29.9. The lowest BCUT2D eigenvalue weighted by molar-refractivity contribution is -0.137. The van der Waals surface area contributed by atoms with E-state index in [0.717, 1.165) is 43.0 Å². The molecule has 0 heterocycles. The van der Waals surface area contributed by atoms with Crippen LogP contribution in [0, 0.1) is 0 Å². The fraction of sp³-hybridized carbons (Fsp3) is 0.406. The summed E-state index contributed by atoms with van der Waals surface area (Å²) in [6, 6.07) is 18.2. The van der Waals surface area contributed by atoms with Crippen molar-refractivity contribution < 1.29 is 26.4 Å². The molecule has 0 spiro atoms. The number of benzene rings is 3. The van der Waals surface area contributed by atoms with Gasteiger partial charge in [0.1, 0.15) is 0 Å². The van der Waals surface area contributed by atoms with Crippen molar-refractivity contribution in [2.75, 3.05) is 0 Å². The van der Waals surface area contributed by atoms with Crippen molar-refractivity contribution >= 4 is 15.9 Å². The molecule has 42 heavy (non-hydrogen) atoms. The van der Waals surface area contributed by atoms with Gasteiger partial charge in [0.15, 0.2) is 0 Å².